The van der Waals surface area contributed by atoms with E-state index in [1.54, 1.807) is 12.1 Å². The first-order valence-corrected chi connectivity index (χ1v) is 10.4. The molecule has 6 nitrogen and oxygen atoms in total. The molecule has 0 saturated heterocycles. The quantitative estimate of drug-likeness (QED) is 0.710. The molecule has 0 radical (unpaired) electrons. The van der Waals surface area contributed by atoms with Gasteiger partial charge in [-0.1, -0.05) is 41.9 Å². The number of hydrogen-bond donors (Lipinski definition) is 1. The molecule has 0 saturated carbocycles. The molecule has 1 aromatic heterocycles. The molecule has 0 amide bonds. The SMILES string of the molecule is O=S(=O)(NCC1Cn2cc(-c3ccccc3)nc2CO1)c1ccc(Cl)cc1. The predicted molar refractivity (Wildman–Crippen MR) is 103 cm³/mol. The number of nitrogens with one attached hydrogen (secondary N) is 1. The summed E-state index contributed by atoms with van der Waals surface area (Å²) in [6.07, 6.45) is 1.71. The lowest BCUT2D eigenvalue weighted by Crippen LogP contribution is -2.38. The van der Waals surface area contributed by atoms with E-state index in [9.17, 15) is 8.42 Å². The molecule has 4 rings (SSSR count). The van der Waals surface area contributed by atoms with Crippen molar-refractivity contribution in [3.63, 3.8) is 0 Å². The molecule has 1 aliphatic rings. The first kappa shape index (κ1) is 18.2. The first-order chi connectivity index (χ1) is 13.0. The zero-order chi connectivity index (χ0) is 18.9. The van der Waals surface area contributed by atoms with Crippen molar-refractivity contribution < 1.29 is 13.2 Å². The molecular formula is C19H18ClN3O3S. The second-order valence-corrected chi connectivity index (χ2v) is 8.50. The number of sulfonamides is 1. The molecule has 0 aliphatic carbocycles. The van der Waals surface area contributed by atoms with Gasteiger partial charge in [0.25, 0.3) is 0 Å². The zero-order valence-corrected chi connectivity index (χ0v) is 15.9. The fourth-order valence-electron chi connectivity index (χ4n) is 2.96. The average Bonchev–Trinajstić information content (AvgIpc) is 3.11. The standard InChI is InChI=1S/C19H18ClN3O3S/c20-15-6-8-17(9-7-15)27(24,25)21-10-16-11-23-12-18(22-19(23)13-26-16)14-4-2-1-3-5-14/h1-9,12,16,21H,10-11,13H2. The lowest BCUT2D eigenvalue weighted by Gasteiger charge is -2.24. The van der Waals surface area contributed by atoms with Crippen LogP contribution in [0.5, 0.6) is 0 Å². The number of rotatable bonds is 5. The molecule has 8 heteroatoms. The summed E-state index contributed by atoms with van der Waals surface area (Å²) < 4.78 is 35.2. The van der Waals surface area contributed by atoms with Gasteiger partial charge >= 0.3 is 0 Å². The highest BCUT2D eigenvalue weighted by Gasteiger charge is 2.23. The monoisotopic (exact) mass is 403 g/mol. The van der Waals surface area contributed by atoms with Crippen LogP contribution in [0.1, 0.15) is 5.82 Å². The topological polar surface area (TPSA) is 73.2 Å². The number of benzene rings is 2. The number of nitrogens with zero attached hydrogens (tertiary/aromatic N) is 2. The molecule has 2 aromatic carbocycles. The molecule has 27 heavy (non-hydrogen) atoms. The van der Waals surface area contributed by atoms with Crippen LogP contribution in [0.4, 0.5) is 0 Å². The van der Waals surface area contributed by atoms with Gasteiger partial charge < -0.3 is 9.30 Å². The first-order valence-electron chi connectivity index (χ1n) is 8.49. The van der Waals surface area contributed by atoms with Crippen LogP contribution >= 0.6 is 11.6 Å². The molecule has 1 N–H and O–H groups in total. The summed E-state index contributed by atoms with van der Waals surface area (Å²) in [5, 5.41) is 0.492. The van der Waals surface area contributed by atoms with Crippen molar-refractivity contribution in [2.75, 3.05) is 6.54 Å². The van der Waals surface area contributed by atoms with Crippen LogP contribution in [-0.4, -0.2) is 30.6 Å². The number of imidazole rings is 1. The van der Waals surface area contributed by atoms with E-state index in [1.807, 2.05) is 41.1 Å². The van der Waals surface area contributed by atoms with Crippen molar-refractivity contribution >= 4 is 21.6 Å². The smallest absolute Gasteiger partial charge is 0.240 e. The van der Waals surface area contributed by atoms with Gasteiger partial charge in [-0.15, -0.1) is 0 Å². The molecule has 1 unspecified atom stereocenters. The number of ether oxygens (including phenoxy) is 1. The van der Waals surface area contributed by atoms with Crippen LogP contribution in [0, 0.1) is 0 Å². The Kier molecular flexibility index (Phi) is 5.01. The second-order valence-electron chi connectivity index (χ2n) is 6.30. The van der Waals surface area contributed by atoms with Crippen molar-refractivity contribution in [2.24, 2.45) is 0 Å². The summed E-state index contributed by atoms with van der Waals surface area (Å²) in [4.78, 5) is 4.79. The Hall–Kier alpha value is -2.19. The Morgan fingerprint density at radius 3 is 2.63 bits per heavy atom. The van der Waals surface area contributed by atoms with Crippen LogP contribution in [0.15, 0.2) is 65.7 Å². The number of aromatic nitrogens is 2. The largest absolute Gasteiger partial charge is 0.367 e. The fourth-order valence-corrected chi connectivity index (χ4v) is 4.16. The fraction of sp³-hybridized carbons (Fsp3) is 0.211. The van der Waals surface area contributed by atoms with Gasteiger partial charge in [-0.25, -0.2) is 18.1 Å². The van der Waals surface area contributed by atoms with Gasteiger partial charge in [0.2, 0.25) is 10.0 Å². The minimum atomic E-state index is -3.61. The number of hydrogen-bond acceptors (Lipinski definition) is 4. The van der Waals surface area contributed by atoms with E-state index in [2.05, 4.69) is 9.71 Å². The molecule has 1 atom stereocenters. The molecule has 140 valence electrons. The summed E-state index contributed by atoms with van der Waals surface area (Å²) >= 11 is 5.81. The minimum absolute atomic E-state index is 0.178. The molecule has 3 aromatic rings. The summed E-state index contributed by atoms with van der Waals surface area (Å²) in [5.41, 5.74) is 1.93. The third kappa shape index (κ3) is 4.06. The third-order valence-electron chi connectivity index (χ3n) is 4.40. The van der Waals surface area contributed by atoms with Gasteiger partial charge in [0.05, 0.1) is 23.2 Å². The molecule has 1 aliphatic heterocycles. The molecule has 0 bridgehead atoms. The van der Waals surface area contributed by atoms with E-state index < -0.39 is 10.0 Å². The van der Waals surface area contributed by atoms with Crippen LogP contribution in [-0.2, 0) is 27.9 Å². The Bertz CT molecular complexity index is 1030. The maximum absolute atomic E-state index is 12.4. The lowest BCUT2D eigenvalue weighted by molar-refractivity contribution is 0.00586. The normalized spacial score (nSPS) is 16.9. The van der Waals surface area contributed by atoms with Gasteiger partial charge in [-0.3, -0.25) is 0 Å². The Morgan fingerprint density at radius 1 is 1.15 bits per heavy atom. The van der Waals surface area contributed by atoms with Gasteiger partial charge in [0, 0.05) is 23.3 Å². The Labute approximate surface area is 162 Å². The van der Waals surface area contributed by atoms with Gasteiger partial charge in [0.1, 0.15) is 12.4 Å². The van der Waals surface area contributed by atoms with Crippen LogP contribution < -0.4 is 4.72 Å². The van der Waals surface area contributed by atoms with Crippen molar-refractivity contribution in [1.29, 1.82) is 0 Å². The van der Waals surface area contributed by atoms with Crippen molar-refractivity contribution in [3.8, 4) is 11.3 Å². The Morgan fingerprint density at radius 2 is 1.89 bits per heavy atom. The van der Waals surface area contributed by atoms with Gasteiger partial charge in [-0.2, -0.15) is 0 Å². The maximum Gasteiger partial charge on any atom is 0.240 e. The molecule has 0 fully saturated rings. The lowest BCUT2D eigenvalue weighted by atomic mass is 10.2. The second kappa shape index (κ2) is 7.44. The van der Waals surface area contributed by atoms with Crippen LogP contribution in [0.3, 0.4) is 0 Å². The maximum atomic E-state index is 12.4. The van der Waals surface area contributed by atoms with Crippen LogP contribution in [0.2, 0.25) is 5.02 Å². The van der Waals surface area contributed by atoms with E-state index in [0.717, 1.165) is 17.1 Å². The van der Waals surface area contributed by atoms with E-state index in [-0.39, 0.29) is 17.5 Å². The predicted octanol–water partition coefficient (Wildman–Crippen LogP) is 3.08. The van der Waals surface area contributed by atoms with E-state index in [0.29, 0.717) is 18.2 Å². The van der Waals surface area contributed by atoms with Gasteiger partial charge in [0.15, 0.2) is 0 Å². The van der Waals surface area contributed by atoms with Crippen molar-refractivity contribution in [2.45, 2.75) is 24.2 Å². The summed E-state index contributed by atoms with van der Waals surface area (Å²) in [6, 6.07) is 16.0. The van der Waals surface area contributed by atoms with Crippen molar-refractivity contribution in [3.05, 3.63) is 71.6 Å². The summed E-state index contributed by atoms with van der Waals surface area (Å²) in [7, 11) is -3.61. The Balaban J connectivity index is 1.43. The van der Waals surface area contributed by atoms with E-state index in [4.69, 9.17) is 16.3 Å². The highest BCUT2D eigenvalue weighted by molar-refractivity contribution is 7.89. The number of halogens is 1. The molecular weight excluding hydrogens is 386 g/mol. The third-order valence-corrected chi connectivity index (χ3v) is 6.09. The molecule has 2 heterocycles. The molecule has 0 spiro atoms. The highest BCUT2D eigenvalue weighted by atomic mass is 35.5. The minimum Gasteiger partial charge on any atom is -0.367 e. The highest BCUT2D eigenvalue weighted by Crippen LogP contribution is 2.22. The zero-order valence-electron chi connectivity index (χ0n) is 14.4. The number of fused-ring (bicyclic) bond motifs is 1. The summed E-state index contributed by atoms with van der Waals surface area (Å²) in [6.45, 7) is 1.07. The summed E-state index contributed by atoms with van der Waals surface area (Å²) in [5.74, 6) is 0.839. The van der Waals surface area contributed by atoms with Crippen LogP contribution in [0.25, 0.3) is 11.3 Å². The van der Waals surface area contributed by atoms with Gasteiger partial charge in [-0.05, 0) is 24.3 Å². The van der Waals surface area contributed by atoms with E-state index in [1.165, 1.54) is 12.1 Å². The van der Waals surface area contributed by atoms with Crippen molar-refractivity contribution in [1.82, 2.24) is 14.3 Å². The van der Waals surface area contributed by atoms with E-state index >= 15 is 0 Å². The average molecular weight is 404 g/mol.